The lowest BCUT2D eigenvalue weighted by Gasteiger charge is -2.37. The van der Waals surface area contributed by atoms with Gasteiger partial charge in [-0.15, -0.1) is 0 Å². The quantitative estimate of drug-likeness (QED) is 0.802. The van der Waals surface area contributed by atoms with Gasteiger partial charge < -0.3 is 0 Å². The van der Waals surface area contributed by atoms with Crippen molar-refractivity contribution in [3.8, 4) is 0 Å². The fourth-order valence-corrected chi connectivity index (χ4v) is 5.96. The molecule has 1 fully saturated rings. The van der Waals surface area contributed by atoms with E-state index in [4.69, 9.17) is 0 Å². The minimum Gasteiger partial charge on any atom is -0.228 e. The van der Waals surface area contributed by atoms with Gasteiger partial charge in [0, 0.05) is 13.1 Å². The predicted octanol–water partition coefficient (Wildman–Crippen LogP) is 1.41. The summed E-state index contributed by atoms with van der Waals surface area (Å²) in [6.45, 7) is 3.23. The summed E-state index contributed by atoms with van der Waals surface area (Å²) in [5.41, 5.74) is 0. The van der Waals surface area contributed by atoms with Crippen molar-refractivity contribution in [1.82, 2.24) is 4.31 Å². The Kier molecular flexibility index (Phi) is 4.61. The van der Waals surface area contributed by atoms with Crippen molar-refractivity contribution >= 4 is 19.9 Å². The number of hydrogen-bond acceptors (Lipinski definition) is 4. The fourth-order valence-electron chi connectivity index (χ4n) is 2.21. The first kappa shape index (κ1) is 17.3. The molecule has 2 rings (SSSR count). The van der Waals surface area contributed by atoms with E-state index in [0.29, 0.717) is 6.07 Å². The van der Waals surface area contributed by atoms with E-state index in [1.807, 2.05) is 0 Å². The van der Waals surface area contributed by atoms with Gasteiger partial charge in [-0.2, -0.15) is 4.31 Å². The van der Waals surface area contributed by atoms with E-state index in [-0.39, 0.29) is 29.7 Å². The lowest BCUT2D eigenvalue weighted by atomic mass is 10.3. The lowest BCUT2D eigenvalue weighted by molar-refractivity contribution is 0.309. The maximum Gasteiger partial charge on any atom is 0.243 e. The first-order valence-electron chi connectivity index (χ1n) is 6.71. The number of benzene rings is 1. The van der Waals surface area contributed by atoms with Crippen LogP contribution in [0.2, 0.25) is 0 Å². The first-order valence-corrected chi connectivity index (χ1v) is 9.86. The Labute approximate surface area is 128 Å². The van der Waals surface area contributed by atoms with Crippen molar-refractivity contribution in [3.05, 3.63) is 29.8 Å². The Morgan fingerprint density at radius 3 is 2.23 bits per heavy atom. The van der Waals surface area contributed by atoms with Gasteiger partial charge in [0.05, 0.1) is 15.9 Å². The highest BCUT2D eigenvalue weighted by molar-refractivity contribution is 7.92. The van der Waals surface area contributed by atoms with Crippen molar-refractivity contribution in [2.24, 2.45) is 5.92 Å². The maximum atomic E-state index is 13.2. The molecule has 1 aliphatic rings. The van der Waals surface area contributed by atoms with Crippen molar-refractivity contribution in [1.29, 1.82) is 0 Å². The fraction of sp³-hybridized carbons (Fsp3) is 0.538. The minimum atomic E-state index is -4.00. The zero-order valence-electron chi connectivity index (χ0n) is 12.2. The lowest BCUT2D eigenvalue weighted by Crippen LogP contribution is -2.57. The molecular weight excluding hydrogens is 336 g/mol. The molecule has 0 aliphatic carbocycles. The summed E-state index contributed by atoms with van der Waals surface area (Å²) >= 11 is 0. The highest BCUT2D eigenvalue weighted by atomic mass is 32.2. The van der Waals surface area contributed by atoms with Gasteiger partial charge in [0.1, 0.15) is 0 Å². The summed E-state index contributed by atoms with van der Waals surface area (Å²) in [5.74, 6) is -2.44. The van der Waals surface area contributed by atoms with E-state index < -0.39 is 36.7 Å². The molecule has 5 nitrogen and oxygen atoms in total. The molecule has 124 valence electrons. The Morgan fingerprint density at radius 1 is 1.14 bits per heavy atom. The maximum absolute atomic E-state index is 13.2. The van der Waals surface area contributed by atoms with Gasteiger partial charge >= 0.3 is 0 Å². The molecule has 1 saturated heterocycles. The Hall–Kier alpha value is -1.06. The van der Waals surface area contributed by atoms with Crippen LogP contribution >= 0.6 is 0 Å². The third-order valence-electron chi connectivity index (χ3n) is 3.42. The molecule has 0 bridgehead atoms. The normalized spacial score (nSPS) is 17.7. The standard InChI is InChI=1S/C13H17F2NO4S2/c1-9(2)8-21(17,18)11-6-16(7-11)22(19,20)10-3-4-12(14)13(15)5-10/h3-5,9,11H,6-8H2,1-2H3. The van der Waals surface area contributed by atoms with Crippen LogP contribution in [0.3, 0.4) is 0 Å². The third kappa shape index (κ3) is 3.31. The van der Waals surface area contributed by atoms with Crippen molar-refractivity contribution in [3.63, 3.8) is 0 Å². The molecule has 0 N–H and O–H groups in total. The summed E-state index contributed by atoms with van der Waals surface area (Å²) in [6.07, 6.45) is 0. The van der Waals surface area contributed by atoms with E-state index in [0.717, 1.165) is 16.4 Å². The van der Waals surface area contributed by atoms with Crippen LogP contribution in [0.25, 0.3) is 0 Å². The van der Waals surface area contributed by atoms with Gasteiger partial charge in [0.25, 0.3) is 0 Å². The summed E-state index contributed by atoms with van der Waals surface area (Å²) in [6, 6.07) is 2.29. The van der Waals surface area contributed by atoms with Gasteiger partial charge in [-0.05, 0) is 24.1 Å². The van der Waals surface area contributed by atoms with Crippen LogP contribution < -0.4 is 0 Å². The second-order valence-electron chi connectivity index (χ2n) is 5.74. The van der Waals surface area contributed by atoms with E-state index in [9.17, 15) is 25.6 Å². The van der Waals surface area contributed by atoms with E-state index in [2.05, 4.69) is 0 Å². The van der Waals surface area contributed by atoms with Crippen LogP contribution in [0.15, 0.2) is 23.1 Å². The largest absolute Gasteiger partial charge is 0.243 e. The van der Waals surface area contributed by atoms with E-state index >= 15 is 0 Å². The molecule has 0 saturated carbocycles. The molecule has 9 heteroatoms. The summed E-state index contributed by atoms with van der Waals surface area (Å²) < 4.78 is 75.4. The number of sulfonamides is 1. The van der Waals surface area contributed by atoms with Gasteiger partial charge in [0.15, 0.2) is 21.5 Å². The average Bonchev–Trinajstić information content (AvgIpc) is 2.27. The van der Waals surface area contributed by atoms with Gasteiger partial charge in [-0.1, -0.05) is 13.8 Å². The van der Waals surface area contributed by atoms with Crippen LogP contribution in [0, 0.1) is 17.6 Å². The van der Waals surface area contributed by atoms with Crippen molar-refractivity contribution < 1.29 is 25.6 Å². The van der Waals surface area contributed by atoms with Crippen LogP contribution in [0.5, 0.6) is 0 Å². The second-order valence-corrected chi connectivity index (χ2v) is 10.0. The smallest absolute Gasteiger partial charge is 0.228 e. The Balaban J connectivity index is 2.13. The third-order valence-corrected chi connectivity index (χ3v) is 7.69. The minimum absolute atomic E-state index is 0.00324. The second kappa shape index (κ2) is 5.86. The SMILES string of the molecule is CC(C)CS(=O)(=O)C1CN(S(=O)(=O)c2ccc(F)c(F)c2)C1. The summed E-state index contributed by atoms with van der Waals surface area (Å²) in [4.78, 5) is -0.383. The molecule has 0 atom stereocenters. The molecule has 0 spiro atoms. The van der Waals surface area contributed by atoms with E-state index in [1.54, 1.807) is 13.8 Å². The van der Waals surface area contributed by atoms with Crippen LogP contribution in [-0.4, -0.2) is 45.2 Å². The summed E-state index contributed by atoms with van der Waals surface area (Å²) in [5, 5.41) is -0.741. The molecule has 1 aliphatic heterocycles. The highest BCUT2D eigenvalue weighted by Crippen LogP contribution is 2.27. The Bertz CT molecular complexity index is 769. The first-order chi connectivity index (χ1) is 10.0. The number of nitrogens with zero attached hydrogens (tertiary/aromatic N) is 1. The average molecular weight is 353 g/mol. The molecule has 0 unspecified atom stereocenters. The number of sulfone groups is 1. The van der Waals surface area contributed by atoms with Crippen molar-refractivity contribution in [2.75, 3.05) is 18.8 Å². The van der Waals surface area contributed by atoms with Crippen molar-refractivity contribution in [2.45, 2.75) is 24.0 Å². The Morgan fingerprint density at radius 2 is 1.73 bits per heavy atom. The highest BCUT2D eigenvalue weighted by Gasteiger charge is 2.43. The monoisotopic (exact) mass is 353 g/mol. The van der Waals surface area contributed by atoms with Gasteiger partial charge in [0.2, 0.25) is 10.0 Å². The van der Waals surface area contributed by atoms with Crippen LogP contribution in [0.4, 0.5) is 8.78 Å². The number of halogens is 2. The predicted molar refractivity (Wildman–Crippen MR) is 77.5 cm³/mol. The molecule has 1 aromatic rings. The summed E-state index contributed by atoms with van der Waals surface area (Å²) in [7, 11) is -7.35. The molecule has 0 radical (unpaired) electrons. The molecule has 1 aromatic carbocycles. The molecular formula is C13H17F2NO4S2. The molecule has 22 heavy (non-hydrogen) atoms. The molecule has 0 aromatic heterocycles. The van der Waals surface area contributed by atoms with E-state index in [1.165, 1.54) is 0 Å². The van der Waals surface area contributed by atoms with Gasteiger partial charge in [-0.25, -0.2) is 25.6 Å². The van der Waals surface area contributed by atoms with Gasteiger partial charge in [-0.3, -0.25) is 0 Å². The zero-order valence-corrected chi connectivity index (χ0v) is 13.8. The van der Waals surface area contributed by atoms with Crippen LogP contribution in [-0.2, 0) is 19.9 Å². The topological polar surface area (TPSA) is 71.5 Å². The number of hydrogen-bond donors (Lipinski definition) is 0. The zero-order chi connectivity index (χ0) is 16.7. The molecule has 0 amide bonds. The number of rotatable bonds is 5. The van der Waals surface area contributed by atoms with Crippen LogP contribution in [0.1, 0.15) is 13.8 Å². The molecule has 1 heterocycles.